The van der Waals surface area contributed by atoms with E-state index in [-0.39, 0.29) is 30.1 Å². The second-order valence-corrected chi connectivity index (χ2v) is 6.34. The van der Waals surface area contributed by atoms with Crippen LogP contribution in [0.3, 0.4) is 0 Å². The van der Waals surface area contributed by atoms with Gasteiger partial charge in [0.15, 0.2) is 5.96 Å². The third-order valence-corrected chi connectivity index (χ3v) is 4.51. The van der Waals surface area contributed by atoms with Crippen molar-refractivity contribution in [2.24, 2.45) is 4.99 Å². The predicted molar refractivity (Wildman–Crippen MR) is 113 cm³/mol. The van der Waals surface area contributed by atoms with Crippen LogP contribution in [0.25, 0.3) is 10.9 Å². The van der Waals surface area contributed by atoms with Crippen molar-refractivity contribution in [1.82, 2.24) is 15.6 Å². The van der Waals surface area contributed by atoms with Crippen molar-refractivity contribution < 1.29 is 5.11 Å². The molecule has 1 aromatic heterocycles. The summed E-state index contributed by atoms with van der Waals surface area (Å²) in [6.07, 6.45) is 5.40. The van der Waals surface area contributed by atoms with Gasteiger partial charge in [0, 0.05) is 24.2 Å². The molecule has 25 heavy (non-hydrogen) atoms. The van der Waals surface area contributed by atoms with Crippen LogP contribution in [0.15, 0.2) is 41.5 Å². The molecule has 1 aromatic carbocycles. The maximum Gasteiger partial charge on any atom is 0.191 e. The molecule has 0 saturated heterocycles. The Bertz CT molecular complexity index is 693. The van der Waals surface area contributed by atoms with Gasteiger partial charge >= 0.3 is 0 Å². The summed E-state index contributed by atoms with van der Waals surface area (Å²) in [7, 11) is 0. The van der Waals surface area contributed by atoms with E-state index in [1.54, 1.807) is 0 Å². The van der Waals surface area contributed by atoms with Gasteiger partial charge in [0.05, 0.1) is 18.2 Å². The zero-order valence-corrected chi connectivity index (χ0v) is 16.9. The summed E-state index contributed by atoms with van der Waals surface area (Å²) in [5.74, 6) is 0.840. The Balaban J connectivity index is 0.00000225. The lowest BCUT2D eigenvalue weighted by molar-refractivity contribution is 0.120. The predicted octanol–water partition coefficient (Wildman–Crippen LogP) is 3.21. The molecule has 1 aliphatic carbocycles. The summed E-state index contributed by atoms with van der Waals surface area (Å²) < 4.78 is 0. The van der Waals surface area contributed by atoms with Gasteiger partial charge in [0.2, 0.25) is 0 Å². The molecule has 1 fully saturated rings. The Morgan fingerprint density at radius 2 is 1.96 bits per heavy atom. The van der Waals surface area contributed by atoms with Crippen LogP contribution in [0.1, 0.15) is 38.2 Å². The van der Waals surface area contributed by atoms with E-state index in [1.807, 2.05) is 12.3 Å². The third kappa shape index (κ3) is 5.54. The number of benzene rings is 1. The van der Waals surface area contributed by atoms with E-state index in [2.05, 4.69) is 46.8 Å². The summed E-state index contributed by atoms with van der Waals surface area (Å²) in [6.45, 7) is 3.50. The van der Waals surface area contributed by atoms with Crippen molar-refractivity contribution in [2.75, 3.05) is 6.54 Å². The SMILES string of the molecule is CCNC(=NCc1cccc2cccnc12)NC1CCC(O)CC1.I. The topological polar surface area (TPSA) is 69.5 Å². The molecule has 6 heteroatoms. The number of rotatable bonds is 4. The molecule has 0 unspecified atom stereocenters. The first kappa shape index (κ1) is 19.9. The van der Waals surface area contributed by atoms with Crippen molar-refractivity contribution >= 4 is 40.8 Å². The Labute approximate surface area is 166 Å². The summed E-state index contributed by atoms with van der Waals surface area (Å²) >= 11 is 0. The highest BCUT2D eigenvalue weighted by Gasteiger charge is 2.19. The van der Waals surface area contributed by atoms with Crippen molar-refractivity contribution in [3.63, 3.8) is 0 Å². The first-order chi connectivity index (χ1) is 11.8. The average Bonchev–Trinajstić information content (AvgIpc) is 2.62. The third-order valence-electron chi connectivity index (χ3n) is 4.51. The molecule has 0 spiro atoms. The molecule has 3 rings (SSSR count). The highest BCUT2D eigenvalue weighted by Crippen LogP contribution is 2.19. The number of fused-ring (bicyclic) bond motifs is 1. The van der Waals surface area contributed by atoms with Crippen LogP contribution in [0.2, 0.25) is 0 Å². The van der Waals surface area contributed by atoms with Crippen LogP contribution in [0, 0.1) is 0 Å². The number of halogens is 1. The molecular formula is C19H27IN4O. The summed E-state index contributed by atoms with van der Waals surface area (Å²) in [6, 6.07) is 10.6. The molecule has 3 N–H and O–H groups in total. The standard InChI is InChI=1S/C19H26N4O.HI/c1-2-20-19(23-16-8-10-17(24)11-9-16)22-13-15-6-3-5-14-7-4-12-21-18(14)15;/h3-7,12,16-17,24H,2,8-11,13H2,1H3,(H2,20,22,23);1H. The maximum absolute atomic E-state index is 9.64. The maximum atomic E-state index is 9.64. The number of aromatic nitrogens is 1. The van der Waals surface area contributed by atoms with Crippen LogP contribution in [-0.4, -0.2) is 34.7 Å². The molecule has 1 heterocycles. The minimum atomic E-state index is -0.135. The number of aliphatic hydroxyl groups excluding tert-OH is 1. The minimum absolute atomic E-state index is 0. The lowest BCUT2D eigenvalue weighted by Gasteiger charge is -2.27. The fourth-order valence-electron chi connectivity index (χ4n) is 3.19. The van der Waals surface area contributed by atoms with E-state index in [9.17, 15) is 5.11 Å². The van der Waals surface area contributed by atoms with Gasteiger partial charge in [-0.25, -0.2) is 4.99 Å². The number of aliphatic hydroxyl groups is 1. The van der Waals surface area contributed by atoms with E-state index in [0.29, 0.717) is 12.6 Å². The highest BCUT2D eigenvalue weighted by atomic mass is 127. The normalized spacial score (nSPS) is 20.8. The number of hydrogen-bond donors (Lipinski definition) is 3. The highest BCUT2D eigenvalue weighted by molar-refractivity contribution is 14.0. The Hall–Kier alpha value is -1.41. The second-order valence-electron chi connectivity index (χ2n) is 6.34. The zero-order chi connectivity index (χ0) is 16.8. The fourth-order valence-corrected chi connectivity index (χ4v) is 3.19. The Morgan fingerprint density at radius 1 is 1.20 bits per heavy atom. The quantitative estimate of drug-likeness (QED) is 0.377. The average molecular weight is 454 g/mol. The summed E-state index contributed by atoms with van der Waals surface area (Å²) in [5.41, 5.74) is 2.14. The van der Waals surface area contributed by atoms with Crippen molar-refractivity contribution in [3.8, 4) is 0 Å². The van der Waals surface area contributed by atoms with Crippen molar-refractivity contribution in [2.45, 2.75) is 51.3 Å². The van der Waals surface area contributed by atoms with E-state index in [4.69, 9.17) is 4.99 Å². The molecule has 0 radical (unpaired) electrons. The van der Waals surface area contributed by atoms with Crippen molar-refractivity contribution in [3.05, 3.63) is 42.1 Å². The lowest BCUT2D eigenvalue weighted by atomic mass is 9.93. The molecule has 5 nitrogen and oxygen atoms in total. The molecule has 1 aliphatic rings. The molecule has 0 amide bonds. The summed E-state index contributed by atoms with van der Waals surface area (Å²) in [4.78, 5) is 9.23. The van der Waals surface area contributed by atoms with Gasteiger partial charge in [0.25, 0.3) is 0 Å². The van der Waals surface area contributed by atoms with Gasteiger partial charge in [-0.3, -0.25) is 4.98 Å². The summed E-state index contributed by atoms with van der Waals surface area (Å²) in [5, 5.41) is 17.6. The minimum Gasteiger partial charge on any atom is -0.393 e. The number of nitrogens with one attached hydrogen (secondary N) is 2. The second kappa shape index (κ2) is 9.91. The van der Waals surface area contributed by atoms with E-state index in [0.717, 1.165) is 54.7 Å². The lowest BCUT2D eigenvalue weighted by Crippen LogP contribution is -2.45. The molecule has 0 atom stereocenters. The van der Waals surface area contributed by atoms with Crippen molar-refractivity contribution in [1.29, 1.82) is 0 Å². The van der Waals surface area contributed by atoms with Gasteiger partial charge in [-0.2, -0.15) is 0 Å². The molecule has 0 bridgehead atoms. The van der Waals surface area contributed by atoms with Gasteiger partial charge in [-0.1, -0.05) is 24.3 Å². The van der Waals surface area contributed by atoms with E-state index in [1.165, 1.54) is 0 Å². The fraction of sp³-hybridized carbons (Fsp3) is 0.474. The zero-order valence-electron chi connectivity index (χ0n) is 14.6. The number of para-hydroxylation sites is 1. The van der Waals surface area contributed by atoms with Gasteiger partial charge in [-0.05, 0) is 44.2 Å². The van der Waals surface area contributed by atoms with E-state index >= 15 is 0 Å². The van der Waals surface area contributed by atoms with Gasteiger partial charge < -0.3 is 15.7 Å². The van der Waals surface area contributed by atoms with Crippen LogP contribution in [0.5, 0.6) is 0 Å². The molecule has 136 valence electrons. The van der Waals surface area contributed by atoms with Crippen LogP contribution < -0.4 is 10.6 Å². The first-order valence-electron chi connectivity index (χ1n) is 8.82. The number of nitrogens with zero attached hydrogens (tertiary/aromatic N) is 2. The molecule has 2 aromatic rings. The van der Waals surface area contributed by atoms with Crippen LogP contribution in [-0.2, 0) is 6.54 Å². The molecule has 1 saturated carbocycles. The number of pyridine rings is 1. The molecule has 0 aliphatic heterocycles. The Morgan fingerprint density at radius 3 is 2.72 bits per heavy atom. The number of aliphatic imine (C=N–C) groups is 1. The first-order valence-corrected chi connectivity index (χ1v) is 8.82. The van der Waals surface area contributed by atoms with E-state index < -0.39 is 0 Å². The van der Waals surface area contributed by atoms with Gasteiger partial charge in [0.1, 0.15) is 0 Å². The van der Waals surface area contributed by atoms with Crippen LogP contribution in [0.4, 0.5) is 0 Å². The molecular weight excluding hydrogens is 427 g/mol. The number of hydrogen-bond acceptors (Lipinski definition) is 3. The smallest absolute Gasteiger partial charge is 0.191 e. The van der Waals surface area contributed by atoms with Gasteiger partial charge in [-0.15, -0.1) is 24.0 Å². The number of guanidine groups is 1. The Kier molecular flexibility index (Phi) is 7.90. The monoisotopic (exact) mass is 454 g/mol. The van der Waals surface area contributed by atoms with Crippen LogP contribution >= 0.6 is 24.0 Å². The largest absolute Gasteiger partial charge is 0.393 e.